The number of rotatable bonds is 5. The predicted molar refractivity (Wildman–Crippen MR) is 76.1 cm³/mol. The molecule has 1 aliphatic rings. The molecule has 0 bridgehead atoms. The summed E-state index contributed by atoms with van der Waals surface area (Å²) in [6, 6.07) is 7.21. The van der Waals surface area contributed by atoms with Crippen molar-refractivity contribution in [2.45, 2.75) is 38.1 Å². The number of nitrogens with two attached hydrogens (primary N) is 1. The van der Waals surface area contributed by atoms with Gasteiger partial charge in [-0.3, -0.25) is 9.59 Å². The zero-order valence-electron chi connectivity index (χ0n) is 11.3. The summed E-state index contributed by atoms with van der Waals surface area (Å²) in [6.45, 7) is 0. The van der Waals surface area contributed by atoms with Crippen LogP contribution in [0.4, 0.5) is 5.69 Å². The van der Waals surface area contributed by atoms with E-state index in [0.717, 1.165) is 18.4 Å². The van der Waals surface area contributed by atoms with Crippen molar-refractivity contribution in [1.82, 2.24) is 5.32 Å². The number of hydrogen-bond acceptors (Lipinski definition) is 3. The van der Waals surface area contributed by atoms with Gasteiger partial charge in [-0.2, -0.15) is 0 Å². The summed E-state index contributed by atoms with van der Waals surface area (Å²) in [5.41, 5.74) is 7.35. The molecule has 0 heterocycles. The Bertz CT molecular complexity index is 484. The number of carboxylic acids is 1. The third-order valence-electron chi connectivity index (χ3n) is 3.80. The van der Waals surface area contributed by atoms with Gasteiger partial charge >= 0.3 is 5.97 Å². The molecule has 0 aromatic heterocycles. The molecule has 1 aliphatic carbocycles. The van der Waals surface area contributed by atoms with Crippen molar-refractivity contribution in [3.8, 4) is 0 Å². The number of benzene rings is 1. The van der Waals surface area contributed by atoms with E-state index in [-0.39, 0.29) is 11.9 Å². The quantitative estimate of drug-likeness (QED) is 0.712. The molecule has 1 fully saturated rings. The Morgan fingerprint density at radius 2 is 1.95 bits per heavy atom. The number of aryl methyl sites for hydroxylation is 1. The van der Waals surface area contributed by atoms with Gasteiger partial charge in [-0.1, -0.05) is 18.6 Å². The SMILES string of the molecule is Nc1ccc(CCC(=O)NC2CCCC2C(=O)O)cc1. The first-order valence-corrected chi connectivity index (χ1v) is 6.93. The van der Waals surface area contributed by atoms with Gasteiger partial charge in [-0.05, 0) is 37.0 Å². The van der Waals surface area contributed by atoms with Crippen LogP contribution in [0.2, 0.25) is 0 Å². The van der Waals surface area contributed by atoms with Gasteiger partial charge in [0, 0.05) is 18.2 Å². The van der Waals surface area contributed by atoms with Crippen LogP contribution in [0.1, 0.15) is 31.2 Å². The van der Waals surface area contributed by atoms with Crippen LogP contribution in [0.25, 0.3) is 0 Å². The third-order valence-corrected chi connectivity index (χ3v) is 3.80. The minimum Gasteiger partial charge on any atom is -0.481 e. The molecular formula is C15H20N2O3. The van der Waals surface area contributed by atoms with Crippen LogP contribution in [0, 0.1) is 5.92 Å². The van der Waals surface area contributed by atoms with Gasteiger partial charge in [0.15, 0.2) is 0 Å². The molecule has 1 saturated carbocycles. The molecule has 1 amide bonds. The minimum atomic E-state index is -0.814. The van der Waals surface area contributed by atoms with Crippen LogP contribution < -0.4 is 11.1 Å². The number of carboxylic acid groups (broad SMARTS) is 1. The molecular weight excluding hydrogens is 256 g/mol. The first-order valence-electron chi connectivity index (χ1n) is 6.93. The summed E-state index contributed by atoms with van der Waals surface area (Å²) in [5.74, 6) is -1.33. The maximum atomic E-state index is 11.9. The minimum absolute atomic E-state index is 0.0834. The van der Waals surface area contributed by atoms with E-state index in [9.17, 15) is 9.59 Å². The van der Waals surface area contributed by atoms with E-state index in [4.69, 9.17) is 10.8 Å². The van der Waals surface area contributed by atoms with Crippen LogP contribution in [0.5, 0.6) is 0 Å². The smallest absolute Gasteiger partial charge is 0.308 e. The molecule has 2 unspecified atom stereocenters. The molecule has 0 saturated heterocycles. The highest BCUT2D eigenvalue weighted by Crippen LogP contribution is 2.25. The predicted octanol–water partition coefficient (Wildman–Crippen LogP) is 1.57. The van der Waals surface area contributed by atoms with E-state index in [1.807, 2.05) is 24.3 Å². The molecule has 5 heteroatoms. The Labute approximate surface area is 118 Å². The van der Waals surface area contributed by atoms with Gasteiger partial charge in [0.2, 0.25) is 5.91 Å². The molecule has 0 aliphatic heterocycles. The van der Waals surface area contributed by atoms with Crippen LogP contribution in [0.3, 0.4) is 0 Å². The number of nitrogens with one attached hydrogen (secondary N) is 1. The second-order valence-electron chi connectivity index (χ2n) is 5.29. The molecule has 2 atom stereocenters. The zero-order valence-corrected chi connectivity index (χ0v) is 11.3. The van der Waals surface area contributed by atoms with E-state index >= 15 is 0 Å². The molecule has 0 radical (unpaired) electrons. The number of amides is 1. The van der Waals surface area contributed by atoms with Crippen LogP contribution in [-0.2, 0) is 16.0 Å². The number of anilines is 1. The van der Waals surface area contributed by atoms with E-state index < -0.39 is 11.9 Å². The van der Waals surface area contributed by atoms with Gasteiger partial charge in [-0.15, -0.1) is 0 Å². The lowest BCUT2D eigenvalue weighted by Gasteiger charge is -2.17. The van der Waals surface area contributed by atoms with Gasteiger partial charge in [0.1, 0.15) is 0 Å². The van der Waals surface area contributed by atoms with Crippen molar-refractivity contribution >= 4 is 17.6 Å². The Balaban J connectivity index is 1.80. The summed E-state index contributed by atoms with van der Waals surface area (Å²) in [7, 11) is 0. The fourth-order valence-electron chi connectivity index (χ4n) is 2.65. The molecule has 5 nitrogen and oxygen atoms in total. The number of aliphatic carboxylic acids is 1. The van der Waals surface area contributed by atoms with E-state index in [1.165, 1.54) is 0 Å². The van der Waals surface area contributed by atoms with Crippen molar-refractivity contribution in [3.05, 3.63) is 29.8 Å². The van der Waals surface area contributed by atoms with Gasteiger partial charge in [-0.25, -0.2) is 0 Å². The summed E-state index contributed by atoms with van der Waals surface area (Å²) in [6.07, 6.45) is 3.27. The lowest BCUT2D eigenvalue weighted by atomic mass is 10.0. The molecule has 1 aromatic rings. The monoisotopic (exact) mass is 276 g/mol. The third kappa shape index (κ3) is 3.73. The van der Waals surface area contributed by atoms with Gasteiger partial charge < -0.3 is 16.2 Å². The number of nitrogen functional groups attached to an aromatic ring is 1. The van der Waals surface area contributed by atoms with Crippen LogP contribution in [0.15, 0.2) is 24.3 Å². The van der Waals surface area contributed by atoms with Gasteiger partial charge in [0.05, 0.1) is 5.92 Å². The standard InChI is InChI=1S/C15H20N2O3/c16-11-7-4-10(5-8-11)6-9-14(18)17-13-3-1-2-12(13)15(19)20/h4-5,7-8,12-13H,1-3,6,9,16H2,(H,17,18)(H,19,20). The topological polar surface area (TPSA) is 92.4 Å². The number of carbonyl (C=O) groups is 2. The maximum absolute atomic E-state index is 11.9. The fourth-order valence-corrected chi connectivity index (χ4v) is 2.65. The Hall–Kier alpha value is -2.04. The van der Waals surface area contributed by atoms with Crippen molar-refractivity contribution in [1.29, 1.82) is 0 Å². The van der Waals surface area contributed by atoms with Crippen molar-refractivity contribution < 1.29 is 14.7 Å². The van der Waals surface area contributed by atoms with E-state index in [0.29, 0.717) is 24.9 Å². The highest BCUT2D eigenvalue weighted by molar-refractivity contribution is 5.78. The van der Waals surface area contributed by atoms with Gasteiger partial charge in [0.25, 0.3) is 0 Å². The Morgan fingerprint density at radius 1 is 1.25 bits per heavy atom. The largest absolute Gasteiger partial charge is 0.481 e. The zero-order chi connectivity index (χ0) is 14.5. The summed E-state index contributed by atoms with van der Waals surface area (Å²) in [5, 5.41) is 11.9. The summed E-state index contributed by atoms with van der Waals surface area (Å²) in [4.78, 5) is 22.9. The first-order chi connectivity index (χ1) is 9.56. The van der Waals surface area contributed by atoms with Crippen molar-refractivity contribution in [3.63, 3.8) is 0 Å². The molecule has 1 aromatic carbocycles. The average Bonchev–Trinajstić information content (AvgIpc) is 2.86. The second-order valence-corrected chi connectivity index (χ2v) is 5.29. The lowest BCUT2D eigenvalue weighted by molar-refractivity contribution is -0.142. The average molecular weight is 276 g/mol. The van der Waals surface area contributed by atoms with Crippen LogP contribution >= 0.6 is 0 Å². The first kappa shape index (κ1) is 14.4. The summed E-state index contributed by atoms with van der Waals surface area (Å²) >= 11 is 0. The highest BCUT2D eigenvalue weighted by Gasteiger charge is 2.33. The molecule has 108 valence electrons. The maximum Gasteiger partial charge on any atom is 0.308 e. The lowest BCUT2D eigenvalue weighted by Crippen LogP contribution is -2.40. The normalized spacial score (nSPS) is 21.6. The fraction of sp³-hybridized carbons (Fsp3) is 0.467. The Morgan fingerprint density at radius 3 is 2.60 bits per heavy atom. The van der Waals surface area contributed by atoms with E-state index in [1.54, 1.807) is 0 Å². The molecule has 20 heavy (non-hydrogen) atoms. The number of carbonyl (C=O) groups excluding carboxylic acids is 1. The molecule has 0 spiro atoms. The van der Waals surface area contributed by atoms with Crippen molar-refractivity contribution in [2.75, 3.05) is 5.73 Å². The summed E-state index contributed by atoms with van der Waals surface area (Å²) < 4.78 is 0. The number of hydrogen-bond donors (Lipinski definition) is 3. The van der Waals surface area contributed by atoms with Crippen molar-refractivity contribution in [2.24, 2.45) is 5.92 Å². The molecule has 2 rings (SSSR count). The molecule has 4 N–H and O–H groups in total. The highest BCUT2D eigenvalue weighted by atomic mass is 16.4. The van der Waals surface area contributed by atoms with E-state index in [2.05, 4.69) is 5.32 Å². The Kier molecular flexibility index (Phi) is 4.61. The van der Waals surface area contributed by atoms with Crippen LogP contribution in [-0.4, -0.2) is 23.0 Å². The second kappa shape index (κ2) is 6.41.